The average molecular weight is 324 g/mol. The van der Waals surface area contributed by atoms with E-state index in [1.54, 1.807) is 48.8 Å². The molecule has 0 aliphatic rings. The molecule has 0 aliphatic heterocycles. The molecular formula is C18H16N2O2S. The molecule has 0 unspecified atom stereocenters. The molecule has 0 amide bonds. The molecule has 0 saturated carbocycles. The lowest BCUT2D eigenvalue weighted by atomic mass is 10.2. The fourth-order valence-corrected chi connectivity index (χ4v) is 3.14. The zero-order chi connectivity index (χ0) is 16.3. The van der Waals surface area contributed by atoms with Crippen LogP contribution >= 0.6 is 0 Å². The van der Waals surface area contributed by atoms with Crippen molar-refractivity contribution in [2.24, 2.45) is 4.40 Å². The highest BCUT2D eigenvalue weighted by molar-refractivity contribution is 7.90. The van der Waals surface area contributed by atoms with Gasteiger partial charge in [0.05, 0.1) is 10.3 Å². The van der Waals surface area contributed by atoms with Crippen molar-refractivity contribution in [3.63, 3.8) is 0 Å². The summed E-state index contributed by atoms with van der Waals surface area (Å²) >= 11 is 0. The van der Waals surface area contributed by atoms with Crippen LogP contribution in [-0.4, -0.2) is 13.0 Å². The fourth-order valence-electron chi connectivity index (χ4n) is 2.15. The third-order valence-corrected chi connectivity index (χ3v) is 4.73. The maximum Gasteiger partial charge on any atom is 0.282 e. The standard InChI is InChI=1S/C18H16N2O2S/c1-15-7-9-18(10-8-15)23(21,22)19-16-11-13-20(14-12-16)17-5-3-2-4-6-17/h2-14H,1H3. The predicted octanol–water partition coefficient (Wildman–Crippen LogP) is 3.08. The second kappa shape index (κ2) is 6.22. The number of hydrogen-bond donors (Lipinski definition) is 0. The molecule has 3 rings (SSSR count). The van der Waals surface area contributed by atoms with E-state index in [-0.39, 0.29) is 4.90 Å². The van der Waals surface area contributed by atoms with Crippen LogP contribution in [0.5, 0.6) is 0 Å². The monoisotopic (exact) mass is 324 g/mol. The van der Waals surface area contributed by atoms with Crippen LogP contribution in [-0.2, 0) is 10.0 Å². The normalized spacial score (nSPS) is 11.2. The molecule has 0 saturated heterocycles. The summed E-state index contributed by atoms with van der Waals surface area (Å²) in [7, 11) is -3.69. The van der Waals surface area contributed by atoms with Gasteiger partial charge in [-0.15, -0.1) is 0 Å². The van der Waals surface area contributed by atoms with Gasteiger partial charge in [-0.05, 0) is 43.3 Å². The van der Waals surface area contributed by atoms with Crippen LogP contribution in [0.15, 0.2) is 88.4 Å². The molecule has 0 radical (unpaired) electrons. The van der Waals surface area contributed by atoms with Gasteiger partial charge in [0.15, 0.2) is 0 Å². The van der Waals surface area contributed by atoms with Gasteiger partial charge in [0.25, 0.3) is 10.0 Å². The van der Waals surface area contributed by atoms with Crippen LogP contribution in [0.3, 0.4) is 0 Å². The molecule has 1 heterocycles. The lowest BCUT2D eigenvalue weighted by molar-refractivity contribution is 0.596. The number of nitrogens with zero attached hydrogens (tertiary/aromatic N) is 2. The quantitative estimate of drug-likeness (QED) is 0.743. The van der Waals surface area contributed by atoms with E-state index >= 15 is 0 Å². The minimum atomic E-state index is -3.69. The summed E-state index contributed by atoms with van der Waals surface area (Å²) in [6.45, 7) is 1.91. The zero-order valence-electron chi connectivity index (χ0n) is 12.6. The second-order valence-corrected chi connectivity index (χ2v) is 6.78. The van der Waals surface area contributed by atoms with Gasteiger partial charge < -0.3 is 4.57 Å². The summed E-state index contributed by atoms with van der Waals surface area (Å²) in [4.78, 5) is 0.197. The van der Waals surface area contributed by atoms with E-state index in [2.05, 4.69) is 4.40 Å². The Morgan fingerprint density at radius 2 is 1.43 bits per heavy atom. The molecular weight excluding hydrogens is 308 g/mol. The van der Waals surface area contributed by atoms with Gasteiger partial charge in [-0.1, -0.05) is 35.9 Å². The molecule has 1 aromatic heterocycles. The number of aryl methyl sites for hydroxylation is 1. The summed E-state index contributed by atoms with van der Waals surface area (Å²) in [5.41, 5.74) is 2.01. The SMILES string of the molecule is Cc1ccc(S(=O)(=O)N=c2ccn(-c3ccccc3)cc2)cc1. The first-order valence-corrected chi connectivity index (χ1v) is 8.60. The molecule has 4 nitrogen and oxygen atoms in total. The van der Waals surface area contributed by atoms with E-state index in [4.69, 9.17) is 0 Å². The van der Waals surface area contributed by atoms with Crippen LogP contribution in [0, 0.1) is 6.92 Å². The van der Waals surface area contributed by atoms with Crippen molar-refractivity contribution in [3.05, 3.63) is 90.0 Å². The molecule has 0 spiro atoms. The van der Waals surface area contributed by atoms with Gasteiger partial charge in [0.2, 0.25) is 0 Å². The Kier molecular flexibility index (Phi) is 4.12. The van der Waals surface area contributed by atoms with Gasteiger partial charge >= 0.3 is 0 Å². The lowest BCUT2D eigenvalue weighted by Gasteiger charge is -2.05. The van der Waals surface area contributed by atoms with E-state index in [9.17, 15) is 8.42 Å². The van der Waals surface area contributed by atoms with Crippen molar-refractivity contribution in [2.45, 2.75) is 11.8 Å². The molecule has 23 heavy (non-hydrogen) atoms. The molecule has 3 aromatic rings. The largest absolute Gasteiger partial charge is 0.324 e. The lowest BCUT2D eigenvalue weighted by Crippen LogP contribution is -2.09. The minimum absolute atomic E-state index is 0.197. The summed E-state index contributed by atoms with van der Waals surface area (Å²) in [6, 6.07) is 19.8. The summed E-state index contributed by atoms with van der Waals surface area (Å²) in [6.07, 6.45) is 3.58. The van der Waals surface area contributed by atoms with Crippen LogP contribution in [0.4, 0.5) is 0 Å². The molecule has 0 N–H and O–H groups in total. The van der Waals surface area contributed by atoms with Crippen molar-refractivity contribution in [2.75, 3.05) is 0 Å². The number of hydrogen-bond acceptors (Lipinski definition) is 2. The van der Waals surface area contributed by atoms with Gasteiger partial charge in [0, 0.05) is 18.1 Å². The Hall–Kier alpha value is -2.66. The maximum atomic E-state index is 12.3. The van der Waals surface area contributed by atoms with E-state index in [0.29, 0.717) is 5.36 Å². The van der Waals surface area contributed by atoms with Crippen molar-refractivity contribution in [1.82, 2.24) is 4.57 Å². The Morgan fingerprint density at radius 1 is 0.826 bits per heavy atom. The number of benzene rings is 2. The molecule has 5 heteroatoms. The Bertz CT molecular complexity index is 953. The molecule has 2 aromatic carbocycles. The van der Waals surface area contributed by atoms with Crippen molar-refractivity contribution < 1.29 is 8.42 Å². The number of rotatable bonds is 3. The second-order valence-electron chi connectivity index (χ2n) is 5.18. The number of para-hydroxylation sites is 1. The topological polar surface area (TPSA) is 51.4 Å². The fraction of sp³-hybridized carbons (Fsp3) is 0.0556. The minimum Gasteiger partial charge on any atom is -0.324 e. The Labute approximate surface area is 135 Å². The zero-order valence-corrected chi connectivity index (χ0v) is 13.4. The molecule has 116 valence electrons. The third kappa shape index (κ3) is 3.57. The highest BCUT2D eigenvalue weighted by atomic mass is 32.2. The van der Waals surface area contributed by atoms with Crippen molar-refractivity contribution in [3.8, 4) is 5.69 Å². The molecule has 0 fully saturated rings. The maximum absolute atomic E-state index is 12.3. The smallest absolute Gasteiger partial charge is 0.282 e. The Morgan fingerprint density at radius 3 is 2.04 bits per heavy atom. The first kappa shape index (κ1) is 15.2. The van der Waals surface area contributed by atoms with Crippen LogP contribution < -0.4 is 5.36 Å². The third-order valence-electron chi connectivity index (χ3n) is 3.41. The number of aromatic nitrogens is 1. The highest BCUT2D eigenvalue weighted by Gasteiger charge is 2.11. The Balaban J connectivity index is 1.95. The first-order valence-electron chi connectivity index (χ1n) is 7.16. The predicted molar refractivity (Wildman–Crippen MR) is 89.7 cm³/mol. The van der Waals surface area contributed by atoms with Crippen molar-refractivity contribution >= 4 is 10.0 Å². The van der Waals surface area contributed by atoms with E-state index in [1.807, 2.05) is 41.8 Å². The van der Waals surface area contributed by atoms with E-state index in [1.165, 1.54) is 0 Å². The summed E-state index contributed by atoms with van der Waals surface area (Å²) < 4.78 is 30.4. The van der Waals surface area contributed by atoms with Gasteiger partial charge in [-0.2, -0.15) is 12.8 Å². The van der Waals surface area contributed by atoms with E-state index < -0.39 is 10.0 Å². The van der Waals surface area contributed by atoms with Gasteiger partial charge in [-0.3, -0.25) is 0 Å². The summed E-state index contributed by atoms with van der Waals surface area (Å²) in [5, 5.41) is 0.401. The van der Waals surface area contributed by atoms with E-state index in [0.717, 1.165) is 11.3 Å². The molecule has 0 aliphatic carbocycles. The van der Waals surface area contributed by atoms with Gasteiger partial charge in [0.1, 0.15) is 0 Å². The van der Waals surface area contributed by atoms with Gasteiger partial charge in [-0.25, -0.2) is 0 Å². The summed E-state index contributed by atoms with van der Waals surface area (Å²) in [5.74, 6) is 0. The van der Waals surface area contributed by atoms with Crippen LogP contribution in [0.2, 0.25) is 0 Å². The first-order chi connectivity index (χ1) is 11.0. The number of sulfonamides is 1. The number of pyridine rings is 1. The van der Waals surface area contributed by atoms with Crippen LogP contribution in [0.1, 0.15) is 5.56 Å². The molecule has 0 atom stereocenters. The van der Waals surface area contributed by atoms with Crippen molar-refractivity contribution in [1.29, 1.82) is 0 Å². The average Bonchev–Trinajstić information content (AvgIpc) is 2.56. The molecule has 0 bridgehead atoms. The highest BCUT2D eigenvalue weighted by Crippen LogP contribution is 2.12. The van der Waals surface area contributed by atoms with Crippen LogP contribution in [0.25, 0.3) is 5.69 Å².